The van der Waals surface area contributed by atoms with Gasteiger partial charge in [-0.25, -0.2) is 0 Å². The molecular weight excluding hydrogens is 334 g/mol. The Kier molecular flexibility index (Phi) is 3.12. The highest BCUT2D eigenvalue weighted by Crippen LogP contribution is 2.51. The van der Waals surface area contributed by atoms with E-state index in [0.29, 0.717) is 11.2 Å². The maximum Gasteiger partial charge on any atom is 0.0461 e. The van der Waals surface area contributed by atoms with E-state index in [2.05, 4.69) is 77.8 Å². The highest BCUT2D eigenvalue weighted by Gasteiger charge is 2.32. The van der Waals surface area contributed by atoms with Crippen molar-refractivity contribution >= 4 is 28.7 Å². The van der Waals surface area contributed by atoms with Gasteiger partial charge in [0, 0.05) is 32.7 Å². The molecule has 0 radical (unpaired) electrons. The average molecular weight is 353 g/mol. The standard InChI is InChI=1S/C24H19NS/c1-3-10-21-17(6-1)20-14-15(12-13-22(20)25-21)16-8-5-9-19-18-7-2-4-11-23(18)26-24(16)19/h2-5,7-14,18,23,25H,1,6H2. The van der Waals surface area contributed by atoms with Crippen LogP contribution < -0.4 is 0 Å². The molecule has 2 atom stereocenters. The summed E-state index contributed by atoms with van der Waals surface area (Å²) in [7, 11) is 0. The number of allylic oxidation sites excluding steroid dienone is 4. The lowest BCUT2D eigenvalue weighted by molar-refractivity contribution is 0.881. The van der Waals surface area contributed by atoms with E-state index in [4.69, 9.17) is 0 Å². The molecule has 0 amide bonds. The minimum Gasteiger partial charge on any atom is -0.355 e. The van der Waals surface area contributed by atoms with E-state index in [1.54, 1.807) is 0 Å². The molecule has 0 saturated heterocycles. The first-order chi connectivity index (χ1) is 12.9. The van der Waals surface area contributed by atoms with Gasteiger partial charge in [0.25, 0.3) is 0 Å². The molecule has 2 heterocycles. The number of aromatic nitrogens is 1. The number of aryl methyl sites for hydroxylation is 1. The first-order valence-corrected chi connectivity index (χ1v) is 10.2. The molecule has 2 unspecified atom stereocenters. The fourth-order valence-electron chi connectivity index (χ4n) is 4.57. The van der Waals surface area contributed by atoms with Crippen LogP contribution in [-0.2, 0) is 6.42 Å². The van der Waals surface area contributed by atoms with E-state index < -0.39 is 0 Å². The molecule has 126 valence electrons. The highest BCUT2D eigenvalue weighted by atomic mass is 32.2. The third kappa shape index (κ3) is 2.05. The van der Waals surface area contributed by atoms with Gasteiger partial charge in [0.05, 0.1) is 0 Å². The average Bonchev–Trinajstić information content (AvgIpc) is 3.25. The van der Waals surface area contributed by atoms with Crippen molar-refractivity contribution in [2.45, 2.75) is 28.9 Å². The molecule has 1 aromatic heterocycles. The molecule has 6 rings (SSSR count). The van der Waals surface area contributed by atoms with Crippen LogP contribution in [0.3, 0.4) is 0 Å². The Morgan fingerprint density at radius 3 is 3.00 bits per heavy atom. The number of hydrogen-bond acceptors (Lipinski definition) is 1. The summed E-state index contributed by atoms with van der Waals surface area (Å²) >= 11 is 2.02. The number of thioether (sulfide) groups is 1. The summed E-state index contributed by atoms with van der Waals surface area (Å²) in [5.41, 5.74) is 8.22. The monoisotopic (exact) mass is 353 g/mol. The Hall–Kier alpha value is -2.45. The number of benzene rings is 2. The predicted molar refractivity (Wildman–Crippen MR) is 112 cm³/mol. The Morgan fingerprint density at radius 1 is 1.04 bits per heavy atom. The van der Waals surface area contributed by atoms with Crippen molar-refractivity contribution < 1.29 is 0 Å². The van der Waals surface area contributed by atoms with Crippen LogP contribution in [0.15, 0.2) is 71.7 Å². The second-order valence-electron chi connectivity index (χ2n) is 7.32. The van der Waals surface area contributed by atoms with Gasteiger partial charge in [-0.3, -0.25) is 0 Å². The molecule has 26 heavy (non-hydrogen) atoms. The third-order valence-corrected chi connectivity index (χ3v) is 7.25. The molecule has 2 aromatic carbocycles. The van der Waals surface area contributed by atoms with Crippen LogP contribution in [0.4, 0.5) is 0 Å². The predicted octanol–water partition coefficient (Wildman–Crippen LogP) is 6.48. The maximum atomic E-state index is 3.58. The molecular formula is C24H19NS. The molecule has 2 heteroatoms. The minimum absolute atomic E-state index is 0.522. The fraction of sp³-hybridized carbons (Fsp3) is 0.167. The lowest BCUT2D eigenvalue weighted by atomic mass is 9.90. The van der Waals surface area contributed by atoms with Crippen molar-refractivity contribution in [3.63, 3.8) is 0 Å². The smallest absolute Gasteiger partial charge is 0.0461 e. The van der Waals surface area contributed by atoms with Crippen LogP contribution in [0, 0.1) is 0 Å². The molecule has 0 spiro atoms. The van der Waals surface area contributed by atoms with Crippen molar-refractivity contribution in [3.8, 4) is 11.1 Å². The van der Waals surface area contributed by atoms with E-state index in [9.17, 15) is 0 Å². The molecule has 1 nitrogen and oxygen atoms in total. The van der Waals surface area contributed by atoms with Crippen molar-refractivity contribution in [1.29, 1.82) is 0 Å². The number of H-pyrrole nitrogens is 1. The van der Waals surface area contributed by atoms with Gasteiger partial charge in [-0.15, -0.1) is 11.8 Å². The second kappa shape index (κ2) is 5.52. The van der Waals surface area contributed by atoms with Gasteiger partial charge in [0.2, 0.25) is 0 Å². The van der Waals surface area contributed by atoms with Gasteiger partial charge in [-0.2, -0.15) is 0 Å². The first-order valence-electron chi connectivity index (χ1n) is 9.34. The maximum absolute atomic E-state index is 3.58. The van der Waals surface area contributed by atoms with Crippen LogP contribution >= 0.6 is 11.8 Å². The number of rotatable bonds is 1. The van der Waals surface area contributed by atoms with Gasteiger partial charge in [0.1, 0.15) is 0 Å². The SMILES string of the molecule is C1=CC2Sc3c(-c4ccc5[nH]c6c(c5c4)CCC=C6)cccc3C2C=C1. The Labute approximate surface area is 157 Å². The molecule has 0 bridgehead atoms. The van der Waals surface area contributed by atoms with Gasteiger partial charge in [-0.05, 0) is 53.3 Å². The van der Waals surface area contributed by atoms with E-state index in [1.807, 2.05) is 11.8 Å². The van der Waals surface area contributed by atoms with Crippen LogP contribution in [0.25, 0.3) is 28.1 Å². The van der Waals surface area contributed by atoms with Gasteiger partial charge in [0.15, 0.2) is 0 Å². The molecule has 0 saturated carbocycles. The summed E-state index contributed by atoms with van der Waals surface area (Å²) < 4.78 is 0. The Morgan fingerprint density at radius 2 is 2.00 bits per heavy atom. The van der Waals surface area contributed by atoms with Gasteiger partial charge >= 0.3 is 0 Å². The lowest BCUT2D eigenvalue weighted by Gasteiger charge is -2.14. The third-order valence-electron chi connectivity index (χ3n) is 5.84. The van der Waals surface area contributed by atoms with E-state index in [-0.39, 0.29) is 0 Å². The summed E-state index contributed by atoms with van der Waals surface area (Å²) in [5, 5.41) is 1.93. The van der Waals surface area contributed by atoms with Crippen molar-refractivity contribution in [3.05, 3.63) is 83.6 Å². The van der Waals surface area contributed by atoms with Gasteiger partial charge < -0.3 is 4.98 Å². The minimum atomic E-state index is 0.522. The van der Waals surface area contributed by atoms with E-state index in [0.717, 1.165) is 12.8 Å². The highest BCUT2D eigenvalue weighted by molar-refractivity contribution is 8.00. The summed E-state index contributed by atoms with van der Waals surface area (Å²) in [6.45, 7) is 0. The molecule has 2 aliphatic carbocycles. The second-order valence-corrected chi connectivity index (χ2v) is 8.51. The molecule has 0 fully saturated rings. The lowest BCUT2D eigenvalue weighted by Crippen LogP contribution is -2.06. The molecule has 1 N–H and O–H groups in total. The van der Waals surface area contributed by atoms with Crippen LogP contribution in [-0.4, -0.2) is 10.2 Å². The summed E-state index contributed by atoms with van der Waals surface area (Å²) in [5.74, 6) is 0.522. The number of nitrogens with one attached hydrogen (secondary N) is 1. The van der Waals surface area contributed by atoms with E-state index in [1.165, 1.54) is 43.7 Å². The van der Waals surface area contributed by atoms with Crippen molar-refractivity contribution in [1.82, 2.24) is 4.98 Å². The summed E-state index contributed by atoms with van der Waals surface area (Å²) in [6.07, 6.45) is 15.8. The zero-order valence-corrected chi connectivity index (χ0v) is 15.2. The summed E-state index contributed by atoms with van der Waals surface area (Å²) in [4.78, 5) is 5.04. The van der Waals surface area contributed by atoms with Crippen LogP contribution in [0.1, 0.15) is 29.2 Å². The Bertz CT molecular complexity index is 1130. The largest absolute Gasteiger partial charge is 0.355 e. The van der Waals surface area contributed by atoms with Gasteiger partial charge in [-0.1, -0.05) is 54.6 Å². The molecule has 3 aliphatic rings. The fourth-order valence-corrected chi connectivity index (χ4v) is 6.05. The zero-order chi connectivity index (χ0) is 17.1. The Balaban J connectivity index is 1.53. The zero-order valence-electron chi connectivity index (χ0n) is 14.4. The van der Waals surface area contributed by atoms with Crippen LogP contribution in [0.2, 0.25) is 0 Å². The number of aromatic amines is 1. The first kappa shape index (κ1) is 14.7. The molecule has 1 aliphatic heterocycles. The summed E-state index contributed by atoms with van der Waals surface area (Å²) in [6, 6.07) is 13.7. The topological polar surface area (TPSA) is 15.8 Å². The number of hydrogen-bond donors (Lipinski definition) is 1. The van der Waals surface area contributed by atoms with Crippen LogP contribution in [0.5, 0.6) is 0 Å². The van der Waals surface area contributed by atoms with Crippen molar-refractivity contribution in [2.75, 3.05) is 0 Å². The van der Waals surface area contributed by atoms with E-state index >= 15 is 0 Å². The molecule has 3 aromatic rings. The van der Waals surface area contributed by atoms with Crippen molar-refractivity contribution in [2.24, 2.45) is 0 Å². The normalized spacial score (nSPS) is 22.5. The number of fused-ring (bicyclic) bond motifs is 6. The quantitative estimate of drug-likeness (QED) is 0.529.